The molecule has 0 fully saturated rings. The number of hydrogen-bond acceptors (Lipinski definition) is 3. The van der Waals surface area contributed by atoms with Gasteiger partial charge in [0.25, 0.3) is 5.91 Å². The van der Waals surface area contributed by atoms with Crippen LogP contribution < -0.4 is 5.32 Å². The molecule has 0 saturated carbocycles. The highest BCUT2D eigenvalue weighted by Gasteiger charge is 2.13. The van der Waals surface area contributed by atoms with Crippen LogP contribution in [0.25, 0.3) is 11.1 Å². The number of benzene rings is 1. The van der Waals surface area contributed by atoms with E-state index in [0.29, 0.717) is 11.3 Å². The predicted molar refractivity (Wildman–Crippen MR) is 85.0 cm³/mol. The molecule has 0 bridgehead atoms. The second-order valence-corrected chi connectivity index (χ2v) is 5.07. The van der Waals surface area contributed by atoms with E-state index < -0.39 is 11.6 Å². The van der Waals surface area contributed by atoms with Gasteiger partial charge in [-0.3, -0.25) is 14.8 Å². The monoisotopic (exact) mass is 325 g/mol. The van der Waals surface area contributed by atoms with Crippen molar-refractivity contribution in [2.45, 2.75) is 6.54 Å². The molecule has 0 saturated heterocycles. The van der Waals surface area contributed by atoms with E-state index in [2.05, 4.69) is 15.3 Å². The Labute approximate surface area is 137 Å². The number of rotatable bonds is 4. The van der Waals surface area contributed by atoms with Crippen molar-refractivity contribution in [3.8, 4) is 11.1 Å². The highest BCUT2D eigenvalue weighted by atomic mass is 19.2. The molecule has 0 aliphatic rings. The number of amides is 1. The van der Waals surface area contributed by atoms with Gasteiger partial charge in [-0.2, -0.15) is 0 Å². The highest BCUT2D eigenvalue weighted by Crippen LogP contribution is 2.24. The Morgan fingerprint density at radius 1 is 1.08 bits per heavy atom. The second-order valence-electron chi connectivity index (χ2n) is 5.07. The van der Waals surface area contributed by atoms with Crippen molar-refractivity contribution in [3.05, 3.63) is 83.9 Å². The molecule has 6 heteroatoms. The Hall–Kier alpha value is -3.15. The molecular weight excluding hydrogens is 312 g/mol. The molecule has 0 spiro atoms. The van der Waals surface area contributed by atoms with Gasteiger partial charge in [0.1, 0.15) is 0 Å². The van der Waals surface area contributed by atoms with Crippen molar-refractivity contribution in [2.75, 3.05) is 0 Å². The number of halogens is 2. The van der Waals surface area contributed by atoms with Gasteiger partial charge in [-0.25, -0.2) is 8.78 Å². The van der Waals surface area contributed by atoms with Crippen molar-refractivity contribution in [1.82, 2.24) is 15.3 Å². The Morgan fingerprint density at radius 3 is 2.75 bits per heavy atom. The average molecular weight is 325 g/mol. The summed E-state index contributed by atoms with van der Waals surface area (Å²) in [7, 11) is 0. The smallest absolute Gasteiger partial charge is 0.253 e. The van der Waals surface area contributed by atoms with Crippen molar-refractivity contribution in [1.29, 1.82) is 0 Å². The number of carbonyl (C=O) groups is 1. The summed E-state index contributed by atoms with van der Waals surface area (Å²) in [6.07, 6.45) is 4.39. The third-order valence-electron chi connectivity index (χ3n) is 3.42. The number of nitrogens with one attached hydrogen (secondary N) is 1. The topological polar surface area (TPSA) is 54.9 Å². The molecule has 0 unspecified atom stereocenters. The van der Waals surface area contributed by atoms with Gasteiger partial charge >= 0.3 is 0 Å². The Bertz CT molecular complexity index is 869. The zero-order valence-corrected chi connectivity index (χ0v) is 12.5. The van der Waals surface area contributed by atoms with Crippen LogP contribution in [0.3, 0.4) is 0 Å². The van der Waals surface area contributed by atoms with Crippen LogP contribution in [0.1, 0.15) is 16.1 Å². The molecule has 3 aromatic rings. The van der Waals surface area contributed by atoms with E-state index in [1.165, 1.54) is 30.6 Å². The Morgan fingerprint density at radius 2 is 1.96 bits per heavy atom. The number of nitrogens with zero attached hydrogens (tertiary/aromatic N) is 2. The molecular formula is C18H13F2N3O. The standard InChI is InChI=1S/C18H13F2N3O/c19-16-6-3-5-15(17(16)20)12-8-13(10-21-9-12)18(24)23-11-14-4-1-2-7-22-14/h1-10H,11H2,(H,23,24). The minimum absolute atomic E-state index is 0.0573. The zero-order valence-electron chi connectivity index (χ0n) is 12.5. The first-order valence-corrected chi connectivity index (χ1v) is 7.22. The normalized spacial score (nSPS) is 10.4. The van der Waals surface area contributed by atoms with Crippen LogP contribution in [0, 0.1) is 11.6 Å². The van der Waals surface area contributed by atoms with E-state index in [1.54, 1.807) is 18.3 Å². The molecule has 120 valence electrons. The SMILES string of the molecule is O=C(NCc1ccccn1)c1cncc(-c2cccc(F)c2F)c1. The summed E-state index contributed by atoms with van der Waals surface area (Å²) < 4.78 is 27.2. The molecule has 0 atom stereocenters. The van der Waals surface area contributed by atoms with E-state index in [9.17, 15) is 13.6 Å². The molecule has 0 radical (unpaired) electrons. The molecule has 0 aliphatic heterocycles. The molecule has 24 heavy (non-hydrogen) atoms. The van der Waals surface area contributed by atoms with Gasteiger partial charge in [0.15, 0.2) is 11.6 Å². The summed E-state index contributed by atoms with van der Waals surface area (Å²) in [4.78, 5) is 20.3. The molecule has 0 aliphatic carbocycles. The summed E-state index contributed by atoms with van der Waals surface area (Å²) in [6, 6.07) is 10.7. The van der Waals surface area contributed by atoms with Crippen molar-refractivity contribution in [2.24, 2.45) is 0 Å². The molecule has 2 aromatic heterocycles. The van der Waals surface area contributed by atoms with Gasteiger partial charge in [-0.1, -0.05) is 18.2 Å². The van der Waals surface area contributed by atoms with Gasteiger partial charge in [0, 0.05) is 29.7 Å². The first kappa shape index (κ1) is 15.7. The summed E-state index contributed by atoms with van der Waals surface area (Å²) >= 11 is 0. The maximum Gasteiger partial charge on any atom is 0.253 e. The van der Waals surface area contributed by atoms with E-state index >= 15 is 0 Å². The predicted octanol–water partition coefficient (Wildman–Crippen LogP) is 3.35. The third kappa shape index (κ3) is 3.43. The molecule has 2 heterocycles. The molecule has 4 nitrogen and oxygen atoms in total. The van der Waals surface area contributed by atoms with Gasteiger partial charge in [-0.05, 0) is 24.3 Å². The van der Waals surface area contributed by atoms with Crippen LogP contribution in [0.5, 0.6) is 0 Å². The van der Waals surface area contributed by atoms with E-state index in [1.807, 2.05) is 6.07 Å². The average Bonchev–Trinajstić information content (AvgIpc) is 2.63. The lowest BCUT2D eigenvalue weighted by Gasteiger charge is -2.07. The van der Waals surface area contributed by atoms with E-state index in [-0.39, 0.29) is 23.6 Å². The van der Waals surface area contributed by atoms with Crippen molar-refractivity contribution in [3.63, 3.8) is 0 Å². The van der Waals surface area contributed by atoms with Crippen molar-refractivity contribution < 1.29 is 13.6 Å². The first-order valence-electron chi connectivity index (χ1n) is 7.22. The second kappa shape index (κ2) is 6.95. The van der Waals surface area contributed by atoms with Crippen molar-refractivity contribution >= 4 is 5.91 Å². The zero-order chi connectivity index (χ0) is 16.9. The fraction of sp³-hybridized carbons (Fsp3) is 0.0556. The van der Waals surface area contributed by atoms with Crippen LogP contribution in [-0.2, 0) is 6.54 Å². The van der Waals surface area contributed by atoms with Gasteiger partial charge < -0.3 is 5.32 Å². The number of aromatic nitrogens is 2. The number of hydrogen-bond donors (Lipinski definition) is 1. The van der Waals surface area contributed by atoms with Gasteiger partial charge in [0.05, 0.1) is 17.8 Å². The lowest BCUT2D eigenvalue weighted by molar-refractivity contribution is 0.0950. The fourth-order valence-electron chi connectivity index (χ4n) is 2.21. The summed E-state index contributed by atoms with van der Waals surface area (Å²) in [6.45, 7) is 0.262. The van der Waals surface area contributed by atoms with E-state index in [0.717, 1.165) is 6.07 Å². The lowest BCUT2D eigenvalue weighted by atomic mass is 10.0. The van der Waals surface area contributed by atoms with Crippen LogP contribution in [-0.4, -0.2) is 15.9 Å². The van der Waals surface area contributed by atoms with Crippen LogP contribution in [0.2, 0.25) is 0 Å². The molecule has 1 N–H and O–H groups in total. The Kier molecular flexibility index (Phi) is 4.56. The van der Waals surface area contributed by atoms with Crippen LogP contribution in [0.15, 0.2) is 61.1 Å². The summed E-state index contributed by atoms with van der Waals surface area (Å²) in [5.74, 6) is -2.28. The fourth-order valence-corrected chi connectivity index (χ4v) is 2.21. The quantitative estimate of drug-likeness (QED) is 0.800. The summed E-state index contributed by atoms with van der Waals surface area (Å²) in [5, 5.41) is 2.71. The Balaban J connectivity index is 1.80. The maximum atomic E-state index is 13.9. The highest BCUT2D eigenvalue weighted by molar-refractivity contribution is 5.95. The third-order valence-corrected chi connectivity index (χ3v) is 3.42. The lowest BCUT2D eigenvalue weighted by Crippen LogP contribution is -2.23. The maximum absolute atomic E-state index is 13.9. The van der Waals surface area contributed by atoms with E-state index in [4.69, 9.17) is 0 Å². The molecule has 1 amide bonds. The molecule has 1 aromatic carbocycles. The minimum Gasteiger partial charge on any atom is -0.346 e. The number of carbonyl (C=O) groups excluding carboxylic acids is 1. The van der Waals surface area contributed by atoms with Crippen LogP contribution >= 0.6 is 0 Å². The molecule has 3 rings (SSSR count). The summed E-state index contributed by atoms with van der Waals surface area (Å²) in [5.41, 5.74) is 1.36. The van der Waals surface area contributed by atoms with Crippen LogP contribution in [0.4, 0.5) is 8.78 Å². The minimum atomic E-state index is -0.967. The largest absolute Gasteiger partial charge is 0.346 e. The first-order chi connectivity index (χ1) is 11.6. The number of pyridine rings is 2. The van der Waals surface area contributed by atoms with Gasteiger partial charge in [-0.15, -0.1) is 0 Å². The van der Waals surface area contributed by atoms with Gasteiger partial charge in [0.2, 0.25) is 0 Å².